The molecule has 0 saturated carbocycles. The van der Waals surface area contributed by atoms with Crippen LogP contribution in [0.4, 0.5) is 4.39 Å². The topological polar surface area (TPSA) is 64.3 Å². The lowest BCUT2D eigenvalue weighted by Gasteiger charge is -2.15. The zero-order chi connectivity index (χ0) is 18.1. The lowest BCUT2D eigenvalue weighted by Crippen LogP contribution is -2.22. The first-order valence-corrected chi connectivity index (χ1v) is 8.20. The Morgan fingerprint density at radius 3 is 2.92 bits per heavy atom. The van der Waals surface area contributed by atoms with Gasteiger partial charge in [0.25, 0.3) is 5.56 Å². The predicted molar refractivity (Wildman–Crippen MR) is 96.0 cm³/mol. The van der Waals surface area contributed by atoms with Crippen molar-refractivity contribution in [1.29, 1.82) is 0 Å². The molecule has 1 aromatic carbocycles. The van der Waals surface area contributed by atoms with Crippen molar-refractivity contribution < 1.29 is 14.2 Å². The summed E-state index contributed by atoms with van der Waals surface area (Å²) in [5.74, 6) is 1.00. The molecule has 0 spiro atoms. The number of hydrogen-bond donors (Lipinski definition) is 1. The van der Waals surface area contributed by atoms with Crippen LogP contribution in [-0.4, -0.2) is 29.0 Å². The first-order chi connectivity index (χ1) is 12.0. The zero-order valence-electron chi connectivity index (χ0n) is 12.6. The summed E-state index contributed by atoms with van der Waals surface area (Å²) in [5, 5.41) is 10.6. The van der Waals surface area contributed by atoms with E-state index in [-0.39, 0.29) is 40.6 Å². The van der Waals surface area contributed by atoms with Crippen molar-refractivity contribution in [2.24, 2.45) is 0 Å². The van der Waals surface area contributed by atoms with Crippen LogP contribution in [0, 0.1) is 18.2 Å². The van der Waals surface area contributed by atoms with E-state index in [0.717, 1.165) is 17.4 Å². The maximum Gasteiger partial charge on any atom is 0.265 e. The summed E-state index contributed by atoms with van der Waals surface area (Å²) in [4.78, 5) is 16.9. The number of rotatable bonds is 4. The molecule has 9 heteroatoms. The monoisotopic (exact) mass is 374 g/mol. The van der Waals surface area contributed by atoms with Crippen LogP contribution in [0.1, 0.15) is 0 Å². The minimum Gasteiger partial charge on any atom is -0.505 e. The summed E-state index contributed by atoms with van der Waals surface area (Å²) >= 11 is 7.14. The Labute approximate surface area is 152 Å². The number of halogens is 2. The Kier molecular flexibility index (Phi) is 4.70. The quantitative estimate of drug-likeness (QED) is 0.563. The van der Waals surface area contributed by atoms with E-state index in [2.05, 4.69) is 10.9 Å². The number of ether oxygens (including phenoxy) is 1. The van der Waals surface area contributed by atoms with Gasteiger partial charge in [0.1, 0.15) is 29.9 Å². The summed E-state index contributed by atoms with van der Waals surface area (Å²) in [7, 11) is 5.37. The number of nitrogens with zero attached hydrogens (tertiary/aromatic N) is 2. The van der Waals surface area contributed by atoms with Gasteiger partial charge in [0.05, 0.1) is 28.2 Å². The second kappa shape index (κ2) is 6.79. The van der Waals surface area contributed by atoms with Gasteiger partial charge in [-0.05, 0) is 12.1 Å². The van der Waals surface area contributed by atoms with E-state index in [1.54, 1.807) is 0 Å². The number of thiazole rings is 1. The lowest BCUT2D eigenvalue weighted by molar-refractivity contribution is 0.386. The Balaban J connectivity index is 2.48. The molecule has 124 valence electrons. The van der Waals surface area contributed by atoms with Crippen molar-refractivity contribution in [3.63, 3.8) is 0 Å². The lowest BCUT2D eigenvalue weighted by atomic mass is 10.0. The summed E-state index contributed by atoms with van der Waals surface area (Å²) in [6.45, 7) is -0.389. The van der Waals surface area contributed by atoms with Crippen LogP contribution in [0.15, 0.2) is 22.4 Å². The van der Waals surface area contributed by atoms with Crippen molar-refractivity contribution in [3.05, 3.63) is 38.8 Å². The van der Waals surface area contributed by atoms with E-state index in [0.29, 0.717) is 4.70 Å². The molecule has 3 aromatic rings. The molecular weight excluding hydrogens is 366 g/mol. The number of benzene rings is 1. The molecule has 0 aliphatic carbocycles. The highest BCUT2D eigenvalue weighted by molar-refractivity contribution is 7.17. The number of pyridine rings is 1. The molecule has 0 amide bonds. The standard InChI is InChI=1S/C16H9BClFN2O3S/c1-2-5-21-15-14(25-7-20-15)12(22)11(16(21)23)10-9(19)4-3-8(18)13(10)24-6-17/h1,3-4,7,22H,5-6H2. The number of fused-ring (bicyclic) bond motifs is 1. The molecule has 25 heavy (non-hydrogen) atoms. The summed E-state index contributed by atoms with van der Waals surface area (Å²) < 4.78 is 21.2. The van der Waals surface area contributed by atoms with Crippen LogP contribution in [0.5, 0.6) is 11.5 Å². The van der Waals surface area contributed by atoms with Gasteiger partial charge < -0.3 is 9.84 Å². The van der Waals surface area contributed by atoms with Crippen molar-refractivity contribution in [3.8, 4) is 35.0 Å². The third-order valence-electron chi connectivity index (χ3n) is 3.50. The van der Waals surface area contributed by atoms with Gasteiger partial charge in [0, 0.05) is 6.51 Å². The largest absolute Gasteiger partial charge is 0.505 e. The minimum atomic E-state index is -0.795. The van der Waals surface area contributed by atoms with Crippen LogP contribution in [-0.2, 0) is 6.54 Å². The van der Waals surface area contributed by atoms with Crippen molar-refractivity contribution in [1.82, 2.24) is 9.55 Å². The Bertz CT molecular complexity index is 1070. The maximum atomic E-state index is 14.6. The van der Waals surface area contributed by atoms with Gasteiger partial charge in [0.15, 0.2) is 5.65 Å². The molecule has 0 fully saturated rings. The highest BCUT2D eigenvalue weighted by atomic mass is 35.5. The maximum absolute atomic E-state index is 14.6. The van der Waals surface area contributed by atoms with Gasteiger partial charge in [-0.1, -0.05) is 17.5 Å². The van der Waals surface area contributed by atoms with Gasteiger partial charge in [-0.25, -0.2) is 9.37 Å². The number of terminal acetylenes is 1. The molecular formula is C16H9BClFN2O3S. The van der Waals surface area contributed by atoms with E-state index < -0.39 is 17.1 Å². The normalized spacial score (nSPS) is 10.8. The van der Waals surface area contributed by atoms with Gasteiger partial charge >= 0.3 is 0 Å². The van der Waals surface area contributed by atoms with Gasteiger partial charge in [-0.3, -0.25) is 9.36 Å². The minimum absolute atomic E-state index is 0.0496. The highest BCUT2D eigenvalue weighted by Gasteiger charge is 2.26. The molecule has 3 rings (SSSR count). The average molecular weight is 375 g/mol. The molecule has 2 aromatic heterocycles. The summed E-state index contributed by atoms with van der Waals surface area (Å²) in [6, 6.07) is 2.34. The SMILES string of the molecule is [B]COc1c(Cl)ccc(F)c1-c1c(O)c2scnc2n(CC#C)c1=O. The van der Waals surface area contributed by atoms with Crippen molar-refractivity contribution >= 4 is 41.1 Å². The fraction of sp³-hybridized carbons (Fsp3) is 0.125. The molecule has 0 unspecified atom stereocenters. The molecule has 2 radical (unpaired) electrons. The Hall–Kier alpha value is -2.50. The van der Waals surface area contributed by atoms with Crippen LogP contribution in [0.2, 0.25) is 5.02 Å². The zero-order valence-corrected chi connectivity index (χ0v) is 14.2. The Morgan fingerprint density at radius 1 is 1.48 bits per heavy atom. The number of aromatic hydroxyl groups is 1. The fourth-order valence-corrected chi connectivity index (χ4v) is 3.45. The van der Waals surface area contributed by atoms with Gasteiger partial charge in [-0.15, -0.1) is 17.8 Å². The first kappa shape index (κ1) is 17.3. The van der Waals surface area contributed by atoms with E-state index in [9.17, 15) is 14.3 Å². The van der Waals surface area contributed by atoms with E-state index >= 15 is 0 Å². The van der Waals surface area contributed by atoms with E-state index in [4.69, 9.17) is 30.6 Å². The van der Waals surface area contributed by atoms with Gasteiger partial charge in [0.2, 0.25) is 0 Å². The second-order valence-corrected chi connectivity index (χ2v) is 6.13. The smallest absolute Gasteiger partial charge is 0.265 e. The highest BCUT2D eigenvalue weighted by Crippen LogP contribution is 2.43. The molecule has 0 aliphatic heterocycles. The molecule has 0 atom stereocenters. The summed E-state index contributed by atoms with van der Waals surface area (Å²) in [5.41, 5.74) is 0.374. The Morgan fingerprint density at radius 2 is 2.24 bits per heavy atom. The van der Waals surface area contributed by atoms with Crippen LogP contribution < -0.4 is 10.3 Å². The number of hydrogen-bond acceptors (Lipinski definition) is 5. The molecule has 5 nitrogen and oxygen atoms in total. The van der Waals surface area contributed by atoms with E-state index in [1.165, 1.54) is 16.1 Å². The van der Waals surface area contributed by atoms with E-state index in [1.807, 2.05) is 0 Å². The number of aromatic nitrogens is 2. The fourth-order valence-electron chi connectivity index (χ4n) is 2.49. The predicted octanol–water partition coefficient (Wildman–Crippen LogP) is 2.76. The molecule has 0 saturated heterocycles. The molecule has 2 heterocycles. The first-order valence-electron chi connectivity index (χ1n) is 6.94. The molecule has 0 aliphatic rings. The molecule has 1 N–H and O–H groups in total. The third-order valence-corrected chi connectivity index (χ3v) is 4.62. The molecule has 0 bridgehead atoms. The summed E-state index contributed by atoms with van der Waals surface area (Å²) in [6.07, 6.45) is 5.31. The van der Waals surface area contributed by atoms with Crippen LogP contribution in [0.3, 0.4) is 0 Å². The third kappa shape index (κ3) is 2.75. The van der Waals surface area contributed by atoms with Crippen molar-refractivity contribution in [2.45, 2.75) is 6.54 Å². The van der Waals surface area contributed by atoms with Crippen LogP contribution in [0.25, 0.3) is 21.5 Å². The van der Waals surface area contributed by atoms with Crippen molar-refractivity contribution in [2.75, 3.05) is 6.51 Å². The second-order valence-electron chi connectivity index (χ2n) is 4.87. The van der Waals surface area contributed by atoms with Gasteiger partial charge in [-0.2, -0.15) is 0 Å². The van der Waals surface area contributed by atoms with Crippen LogP contribution >= 0.6 is 22.9 Å². The average Bonchev–Trinajstić information content (AvgIpc) is 3.07.